The predicted octanol–water partition coefficient (Wildman–Crippen LogP) is 3.92. The number of hydrogen-bond donors (Lipinski definition) is 0. The highest BCUT2D eigenvalue weighted by atomic mass is 79.9. The summed E-state index contributed by atoms with van der Waals surface area (Å²) in [6, 6.07) is 8.50. The van der Waals surface area contributed by atoms with E-state index in [-0.39, 0.29) is 0 Å². The highest BCUT2D eigenvalue weighted by molar-refractivity contribution is 9.10. The first-order valence-electron chi connectivity index (χ1n) is 6.46. The van der Waals surface area contributed by atoms with Crippen molar-refractivity contribution in [1.29, 1.82) is 0 Å². The molecule has 1 aromatic carbocycles. The van der Waals surface area contributed by atoms with Gasteiger partial charge in [0.15, 0.2) is 0 Å². The van der Waals surface area contributed by atoms with Gasteiger partial charge in [0.1, 0.15) is 11.0 Å². The summed E-state index contributed by atoms with van der Waals surface area (Å²) >= 11 is 9.61. The normalized spacial score (nSPS) is 14.6. The van der Waals surface area contributed by atoms with E-state index in [1.54, 1.807) is 7.11 Å². The summed E-state index contributed by atoms with van der Waals surface area (Å²) in [7, 11) is 1.65. The third-order valence-corrected chi connectivity index (χ3v) is 4.93. The lowest BCUT2D eigenvalue weighted by atomic mass is 10.1. The lowest BCUT2D eigenvalue weighted by Gasteiger charge is -2.11. The van der Waals surface area contributed by atoms with Crippen LogP contribution in [-0.2, 0) is 24.2 Å². The lowest BCUT2D eigenvalue weighted by Crippen LogP contribution is -2.08. The van der Waals surface area contributed by atoms with E-state index in [1.165, 1.54) is 11.1 Å². The predicted molar refractivity (Wildman–Crippen MR) is 82.0 cm³/mol. The molecule has 0 aliphatic heterocycles. The van der Waals surface area contributed by atoms with Crippen molar-refractivity contribution in [2.45, 2.75) is 25.4 Å². The number of methoxy groups -OCH3 is 1. The Morgan fingerprint density at radius 3 is 2.50 bits per heavy atom. The van der Waals surface area contributed by atoms with Crippen molar-refractivity contribution < 1.29 is 4.74 Å². The lowest BCUT2D eigenvalue weighted by molar-refractivity contribution is 0.180. The van der Waals surface area contributed by atoms with Gasteiger partial charge in [0.2, 0.25) is 0 Å². The highest BCUT2D eigenvalue weighted by Gasteiger charge is 2.26. The molecule has 1 aliphatic rings. The maximum Gasteiger partial charge on any atom is 0.147 e. The maximum absolute atomic E-state index is 6.19. The van der Waals surface area contributed by atoms with E-state index in [1.807, 2.05) is 0 Å². The minimum atomic E-state index is 0.300. The minimum absolute atomic E-state index is 0.300. The Labute approximate surface area is 131 Å². The molecule has 0 radical (unpaired) electrons. The van der Waals surface area contributed by atoms with Gasteiger partial charge in [-0.2, -0.15) is 0 Å². The van der Waals surface area contributed by atoms with Crippen molar-refractivity contribution in [3.8, 4) is 0 Å². The Hall–Kier alpha value is -0.970. The Balaban J connectivity index is 1.93. The van der Waals surface area contributed by atoms with Crippen LogP contribution < -0.4 is 0 Å². The molecule has 0 spiro atoms. The van der Waals surface area contributed by atoms with Crippen LogP contribution in [-0.4, -0.2) is 17.1 Å². The Kier molecular flexibility index (Phi) is 4.06. The molecule has 0 fully saturated rings. The van der Waals surface area contributed by atoms with Gasteiger partial charge in [-0.05, 0) is 39.9 Å². The van der Waals surface area contributed by atoms with E-state index in [0.29, 0.717) is 17.7 Å². The molecule has 0 saturated heterocycles. The molecule has 0 N–H and O–H groups in total. The Morgan fingerprint density at radius 2 is 1.90 bits per heavy atom. The quantitative estimate of drug-likeness (QED) is 0.785. The van der Waals surface area contributed by atoms with Gasteiger partial charge in [-0.25, -0.2) is 9.97 Å². The zero-order valence-electron chi connectivity index (χ0n) is 11.1. The van der Waals surface area contributed by atoms with Gasteiger partial charge in [0, 0.05) is 13.0 Å². The van der Waals surface area contributed by atoms with Crippen molar-refractivity contribution in [2.75, 3.05) is 7.11 Å². The second-order valence-electron chi connectivity index (χ2n) is 4.94. The van der Waals surface area contributed by atoms with Crippen LogP contribution in [0.4, 0.5) is 0 Å². The van der Waals surface area contributed by atoms with Crippen molar-refractivity contribution in [3.63, 3.8) is 0 Å². The Bertz CT molecular complexity index is 623. The molecule has 0 atom stereocenters. The molecular formula is C15H14BrClN2O. The third-order valence-electron chi connectivity index (χ3n) is 3.59. The number of fused-ring (bicyclic) bond motifs is 1. The van der Waals surface area contributed by atoms with Crippen molar-refractivity contribution in [3.05, 3.63) is 56.5 Å². The largest absolute Gasteiger partial charge is 0.378 e. The summed E-state index contributed by atoms with van der Waals surface area (Å²) in [5, 5.41) is 0.456. The number of benzene rings is 1. The first-order valence-corrected chi connectivity index (χ1v) is 7.63. The standard InChI is InChI=1S/C15H14BrClN2O/c1-20-8-12-13(16)14(17)19-15(18-12)11-6-9-4-2-3-5-10(9)7-11/h2-5,11H,6-8H2,1H3. The second kappa shape index (κ2) is 5.80. The number of nitrogens with zero attached hydrogens (tertiary/aromatic N) is 2. The minimum Gasteiger partial charge on any atom is -0.378 e. The van der Waals surface area contributed by atoms with Crippen molar-refractivity contribution >= 4 is 27.5 Å². The van der Waals surface area contributed by atoms with E-state index in [2.05, 4.69) is 50.2 Å². The summed E-state index contributed by atoms with van der Waals surface area (Å²) in [5.41, 5.74) is 3.57. The third kappa shape index (κ3) is 2.60. The first-order chi connectivity index (χ1) is 9.69. The van der Waals surface area contributed by atoms with E-state index in [9.17, 15) is 0 Å². The first kappa shape index (κ1) is 14.0. The summed E-state index contributed by atoms with van der Waals surface area (Å²) in [4.78, 5) is 9.05. The van der Waals surface area contributed by atoms with Crippen molar-refractivity contribution in [2.24, 2.45) is 0 Å². The summed E-state index contributed by atoms with van der Waals surface area (Å²) in [5.74, 6) is 1.11. The number of aromatic nitrogens is 2. The van der Waals surface area contributed by atoms with Gasteiger partial charge in [-0.3, -0.25) is 0 Å². The van der Waals surface area contributed by atoms with Gasteiger partial charge in [0.05, 0.1) is 16.8 Å². The average molecular weight is 354 g/mol. The fourth-order valence-corrected chi connectivity index (χ4v) is 3.12. The van der Waals surface area contributed by atoms with Gasteiger partial charge in [-0.1, -0.05) is 35.9 Å². The van der Waals surface area contributed by atoms with Crippen LogP contribution in [0.25, 0.3) is 0 Å². The smallest absolute Gasteiger partial charge is 0.147 e. The summed E-state index contributed by atoms with van der Waals surface area (Å²) in [6.45, 7) is 0.426. The van der Waals surface area contributed by atoms with Crippen LogP contribution in [0.5, 0.6) is 0 Å². The Morgan fingerprint density at radius 1 is 1.25 bits per heavy atom. The van der Waals surface area contributed by atoms with Gasteiger partial charge in [-0.15, -0.1) is 0 Å². The summed E-state index contributed by atoms with van der Waals surface area (Å²) in [6.07, 6.45) is 1.95. The SMILES string of the molecule is COCc1nc(C2Cc3ccccc3C2)nc(Cl)c1Br. The fraction of sp³-hybridized carbons (Fsp3) is 0.333. The van der Waals surface area contributed by atoms with Crippen LogP contribution in [0.2, 0.25) is 5.15 Å². The average Bonchev–Trinajstić information content (AvgIpc) is 2.87. The van der Waals surface area contributed by atoms with Gasteiger partial charge < -0.3 is 4.74 Å². The molecule has 104 valence electrons. The maximum atomic E-state index is 6.19. The number of halogens is 2. The molecule has 1 aromatic heterocycles. The zero-order valence-corrected chi connectivity index (χ0v) is 13.4. The number of ether oxygens (including phenoxy) is 1. The molecule has 5 heteroatoms. The molecular weight excluding hydrogens is 340 g/mol. The van der Waals surface area contributed by atoms with E-state index in [0.717, 1.165) is 28.8 Å². The van der Waals surface area contributed by atoms with E-state index < -0.39 is 0 Å². The van der Waals surface area contributed by atoms with Crippen LogP contribution >= 0.6 is 27.5 Å². The van der Waals surface area contributed by atoms with Crippen LogP contribution in [0, 0.1) is 0 Å². The van der Waals surface area contributed by atoms with Crippen LogP contribution in [0.15, 0.2) is 28.7 Å². The molecule has 20 heavy (non-hydrogen) atoms. The van der Waals surface area contributed by atoms with Crippen LogP contribution in [0.3, 0.4) is 0 Å². The molecule has 2 aromatic rings. The second-order valence-corrected chi connectivity index (χ2v) is 6.09. The summed E-state index contributed by atoms with van der Waals surface area (Å²) < 4.78 is 5.89. The number of rotatable bonds is 3. The molecule has 0 unspecified atom stereocenters. The van der Waals surface area contributed by atoms with Crippen LogP contribution in [0.1, 0.15) is 28.6 Å². The molecule has 0 saturated carbocycles. The highest BCUT2D eigenvalue weighted by Crippen LogP contribution is 2.34. The molecule has 1 aliphatic carbocycles. The van der Waals surface area contributed by atoms with Gasteiger partial charge in [0.25, 0.3) is 0 Å². The topological polar surface area (TPSA) is 35.0 Å². The van der Waals surface area contributed by atoms with Gasteiger partial charge >= 0.3 is 0 Å². The molecule has 0 bridgehead atoms. The van der Waals surface area contributed by atoms with E-state index in [4.69, 9.17) is 16.3 Å². The molecule has 1 heterocycles. The molecule has 3 nitrogen and oxygen atoms in total. The number of hydrogen-bond acceptors (Lipinski definition) is 3. The monoisotopic (exact) mass is 352 g/mol. The zero-order chi connectivity index (χ0) is 14.1. The molecule has 0 amide bonds. The van der Waals surface area contributed by atoms with Crippen molar-refractivity contribution in [1.82, 2.24) is 9.97 Å². The molecule has 3 rings (SSSR count). The van der Waals surface area contributed by atoms with E-state index >= 15 is 0 Å². The fourth-order valence-electron chi connectivity index (χ4n) is 2.64.